The van der Waals surface area contributed by atoms with Crippen molar-refractivity contribution in [3.05, 3.63) is 31.4 Å². The Bertz CT molecular complexity index is 543. The topological polar surface area (TPSA) is 105 Å². The Kier molecular flexibility index (Phi) is 6.61. The molecule has 1 rings (SSSR count). The molecule has 1 heterocycles. The number of methoxy groups -OCH3 is 2. The van der Waals surface area contributed by atoms with Crippen molar-refractivity contribution < 1.29 is 28.7 Å². The van der Waals surface area contributed by atoms with Gasteiger partial charge in [-0.1, -0.05) is 0 Å². The van der Waals surface area contributed by atoms with Crippen LogP contribution in [0.2, 0.25) is 4.68 Å². The monoisotopic (exact) mass is 415 g/mol. The normalized spacial score (nSPS) is 20.8. The van der Waals surface area contributed by atoms with Crippen molar-refractivity contribution in [2.24, 2.45) is 0 Å². The van der Waals surface area contributed by atoms with Crippen LogP contribution in [-0.2, 0) is 23.8 Å². The first-order valence-electron chi connectivity index (χ1n) is 6.68. The van der Waals surface area contributed by atoms with Gasteiger partial charge in [0, 0.05) is 0 Å². The molecule has 9 heteroatoms. The summed E-state index contributed by atoms with van der Waals surface area (Å²) in [5.74, 6) is -1.55. The molecule has 0 spiro atoms. The van der Waals surface area contributed by atoms with Gasteiger partial charge in [-0.25, -0.2) is 0 Å². The van der Waals surface area contributed by atoms with Crippen LogP contribution < -0.4 is 0 Å². The second-order valence-electron chi connectivity index (χ2n) is 4.84. The van der Waals surface area contributed by atoms with Gasteiger partial charge < -0.3 is 0 Å². The molecule has 0 saturated carbocycles. The van der Waals surface area contributed by atoms with Crippen molar-refractivity contribution in [2.45, 2.75) is 27.9 Å². The zero-order valence-corrected chi connectivity index (χ0v) is 16.2. The zero-order chi connectivity index (χ0) is 17.0. The van der Waals surface area contributed by atoms with E-state index in [0.29, 0.717) is 6.42 Å². The third-order valence-corrected chi connectivity index (χ3v) is 11.8. The number of carbonyl (C=O) groups excluding carboxylic acids is 2. The number of nitrogens with zero attached hydrogens (tertiary/aromatic N) is 1. The molecule has 0 aromatic carbocycles. The van der Waals surface area contributed by atoms with Gasteiger partial charge in [0.15, 0.2) is 0 Å². The van der Waals surface area contributed by atoms with E-state index in [9.17, 15) is 19.7 Å². The Hall–Kier alpha value is -1.35. The van der Waals surface area contributed by atoms with E-state index in [1.54, 1.807) is 11.6 Å². The van der Waals surface area contributed by atoms with Gasteiger partial charge in [-0.05, 0) is 0 Å². The summed E-state index contributed by atoms with van der Waals surface area (Å²) in [6.45, 7) is 5.30. The SMILES string of the molecule is C=C(CC)C(=O)O[C]1=C(C(=O)OC)C([N+](=O)[O-])[CH](OC)[In]1[CH3]. The summed E-state index contributed by atoms with van der Waals surface area (Å²) < 4.78 is 16.3. The Balaban J connectivity index is 3.32. The first-order valence-corrected chi connectivity index (χ1v) is 13.5. The standard InChI is InChI=1S/C12H15NO7.CH3.In/c1-5-8(2)11(14)20-6-9(12(15)19-4)10(7-18-3)13(16)17;;/h7,10H,2,5H2,1,3-4H3;1H3;. The van der Waals surface area contributed by atoms with Crippen LogP contribution in [0.1, 0.15) is 13.3 Å². The maximum absolute atomic E-state index is 11.9. The number of ether oxygens (including phenoxy) is 3. The number of nitro groups is 1. The van der Waals surface area contributed by atoms with Gasteiger partial charge in [-0.2, -0.15) is 0 Å². The third-order valence-electron chi connectivity index (χ3n) is 3.60. The quantitative estimate of drug-likeness (QED) is 0.274. The summed E-state index contributed by atoms with van der Waals surface area (Å²) in [7, 11) is 2.47. The van der Waals surface area contributed by atoms with Gasteiger partial charge in [0.1, 0.15) is 0 Å². The molecule has 120 valence electrons. The average Bonchev–Trinajstić information content (AvgIpc) is 2.78. The Morgan fingerprint density at radius 2 is 2.00 bits per heavy atom. The predicted molar refractivity (Wildman–Crippen MR) is 77.8 cm³/mol. The molecule has 2 atom stereocenters. The molecule has 0 aliphatic carbocycles. The number of esters is 2. The molecule has 0 amide bonds. The molecular formula is C13H18InNO7. The van der Waals surface area contributed by atoms with Crippen molar-refractivity contribution in [3.8, 4) is 0 Å². The summed E-state index contributed by atoms with van der Waals surface area (Å²) in [5.41, 5.74) is 0.0219. The van der Waals surface area contributed by atoms with E-state index in [-0.39, 0.29) is 14.7 Å². The van der Waals surface area contributed by atoms with Crippen molar-refractivity contribution in [2.75, 3.05) is 14.2 Å². The second-order valence-corrected chi connectivity index (χ2v) is 12.7. The van der Waals surface area contributed by atoms with Gasteiger partial charge in [0.2, 0.25) is 0 Å². The number of hydrogen-bond donors (Lipinski definition) is 0. The minimum atomic E-state index is -2.99. The van der Waals surface area contributed by atoms with E-state index < -0.39 is 48.2 Å². The average molecular weight is 415 g/mol. The molecule has 0 bridgehead atoms. The summed E-state index contributed by atoms with van der Waals surface area (Å²) in [4.78, 5) is 34.6. The fourth-order valence-electron chi connectivity index (χ4n) is 2.33. The summed E-state index contributed by atoms with van der Waals surface area (Å²) in [6, 6.07) is -1.36. The van der Waals surface area contributed by atoms with Crippen molar-refractivity contribution in [3.63, 3.8) is 0 Å². The van der Waals surface area contributed by atoms with Gasteiger partial charge in [-0.3, -0.25) is 0 Å². The number of rotatable bonds is 6. The van der Waals surface area contributed by atoms with E-state index >= 15 is 0 Å². The Morgan fingerprint density at radius 3 is 2.41 bits per heavy atom. The van der Waals surface area contributed by atoms with Crippen LogP contribution in [0.5, 0.6) is 0 Å². The third kappa shape index (κ3) is 3.52. The van der Waals surface area contributed by atoms with Crippen LogP contribution in [0.3, 0.4) is 0 Å². The van der Waals surface area contributed by atoms with Crippen LogP contribution in [0.4, 0.5) is 0 Å². The molecule has 0 fully saturated rings. The summed E-state index contributed by atoms with van der Waals surface area (Å²) >= 11 is -2.99. The molecule has 0 N–H and O–H groups in total. The van der Waals surface area contributed by atoms with Crippen molar-refractivity contribution >= 4 is 33.4 Å². The van der Waals surface area contributed by atoms with E-state index in [2.05, 4.69) is 11.3 Å². The summed E-state index contributed by atoms with van der Waals surface area (Å²) in [5, 5.41) is 11.3. The molecular weight excluding hydrogens is 397 g/mol. The fourth-order valence-corrected chi connectivity index (χ4v) is 9.92. The molecule has 1 aliphatic heterocycles. The first-order chi connectivity index (χ1) is 10.3. The Morgan fingerprint density at radius 1 is 1.41 bits per heavy atom. The van der Waals surface area contributed by atoms with Crippen molar-refractivity contribution in [1.29, 1.82) is 0 Å². The maximum atomic E-state index is 11.9. The second kappa shape index (κ2) is 7.77. The van der Waals surface area contributed by atoms with Crippen LogP contribution in [-0.4, -0.2) is 62.4 Å². The zero-order valence-electron chi connectivity index (χ0n) is 13.0. The van der Waals surface area contributed by atoms with E-state index in [4.69, 9.17) is 9.47 Å². The molecule has 0 radical (unpaired) electrons. The van der Waals surface area contributed by atoms with Gasteiger partial charge in [0.25, 0.3) is 0 Å². The number of hydrogen-bond acceptors (Lipinski definition) is 7. The van der Waals surface area contributed by atoms with Crippen molar-refractivity contribution in [1.82, 2.24) is 0 Å². The van der Waals surface area contributed by atoms with Crippen LogP contribution in [0, 0.1) is 10.1 Å². The summed E-state index contributed by atoms with van der Waals surface area (Å²) in [6.07, 6.45) is 0.385. The van der Waals surface area contributed by atoms with Crippen LogP contribution in [0.15, 0.2) is 21.2 Å². The van der Waals surface area contributed by atoms with Crippen LogP contribution in [0.25, 0.3) is 0 Å². The van der Waals surface area contributed by atoms with E-state index in [0.717, 1.165) is 7.11 Å². The molecule has 1 aliphatic rings. The van der Waals surface area contributed by atoms with Crippen LogP contribution >= 0.6 is 0 Å². The van der Waals surface area contributed by atoms with E-state index in [1.165, 1.54) is 7.11 Å². The predicted octanol–water partition coefficient (Wildman–Crippen LogP) is 0.800. The number of carbonyl (C=O) groups is 2. The van der Waals surface area contributed by atoms with Gasteiger partial charge >= 0.3 is 136 Å². The van der Waals surface area contributed by atoms with Gasteiger partial charge in [0.05, 0.1) is 0 Å². The first kappa shape index (κ1) is 18.7. The molecule has 0 saturated heterocycles. The van der Waals surface area contributed by atoms with E-state index in [1.807, 2.05) is 0 Å². The molecule has 0 aromatic rings. The van der Waals surface area contributed by atoms with Gasteiger partial charge in [-0.15, -0.1) is 0 Å². The Labute approximate surface area is 135 Å². The molecule has 22 heavy (non-hydrogen) atoms. The molecule has 2 unspecified atom stereocenters. The molecule has 8 nitrogen and oxygen atoms in total. The molecule has 0 aromatic heterocycles. The minimum absolute atomic E-state index is 0.113. The fraction of sp³-hybridized carbons (Fsp3) is 0.538.